The number of nitrogens with zero attached hydrogens (tertiary/aromatic N) is 3. The van der Waals surface area contributed by atoms with Crippen molar-refractivity contribution in [1.29, 1.82) is 0 Å². The third-order valence-corrected chi connectivity index (χ3v) is 6.78. The van der Waals surface area contributed by atoms with E-state index in [0.29, 0.717) is 10.5 Å². The highest BCUT2D eigenvalue weighted by atomic mass is 32.1. The number of aromatic amines is 1. The largest absolute Gasteiger partial charge is 0.480 e. The highest BCUT2D eigenvalue weighted by Gasteiger charge is 2.24. The molecule has 0 aliphatic heterocycles. The third-order valence-electron chi connectivity index (χ3n) is 6.50. The van der Waals surface area contributed by atoms with Gasteiger partial charge in [0.1, 0.15) is 23.7 Å². The quantitative estimate of drug-likeness (QED) is 0.102. The molecule has 0 saturated carbocycles. The molecule has 0 saturated heterocycles. The first kappa shape index (κ1) is 27.4. The minimum atomic E-state index is -0.902. The number of anilines is 2. The van der Waals surface area contributed by atoms with E-state index in [-0.39, 0.29) is 13.3 Å². The average molecular weight is 565 g/mol. The Morgan fingerprint density at radius 2 is 1.78 bits per heavy atom. The maximum atomic E-state index is 11.1. The fourth-order valence-corrected chi connectivity index (χ4v) is 4.91. The number of carbonyl (C=O) groups is 1. The first-order valence-corrected chi connectivity index (χ1v) is 13.4. The van der Waals surface area contributed by atoms with Gasteiger partial charge in [0.15, 0.2) is 6.73 Å². The number of benzene rings is 4. The summed E-state index contributed by atoms with van der Waals surface area (Å²) in [5.74, 6) is 0.639. The van der Waals surface area contributed by atoms with Crippen molar-refractivity contribution in [2.75, 3.05) is 30.5 Å². The van der Waals surface area contributed by atoms with Gasteiger partial charge in [0.25, 0.3) is 5.82 Å². The molecule has 0 unspecified atom stereocenters. The minimum Gasteiger partial charge on any atom is -0.480 e. The van der Waals surface area contributed by atoms with Crippen LogP contribution in [0.4, 0.5) is 11.4 Å². The van der Waals surface area contributed by atoms with Crippen LogP contribution in [0.25, 0.3) is 28.8 Å². The Morgan fingerprint density at radius 1 is 1.05 bits per heavy atom. The number of nitrogens with one attached hydrogen (secondary N) is 2. The summed E-state index contributed by atoms with van der Waals surface area (Å²) in [5.41, 5.74) is 5.29. The van der Waals surface area contributed by atoms with Crippen LogP contribution in [0.5, 0.6) is 5.75 Å². The van der Waals surface area contributed by atoms with E-state index < -0.39 is 5.97 Å². The summed E-state index contributed by atoms with van der Waals surface area (Å²) >= 11 is 5.81. The van der Waals surface area contributed by atoms with Gasteiger partial charge in [-0.15, -0.1) is 9.78 Å². The molecule has 5 rings (SSSR count). The highest BCUT2D eigenvalue weighted by Crippen LogP contribution is 2.26. The van der Waals surface area contributed by atoms with Crippen LogP contribution in [0.15, 0.2) is 110 Å². The van der Waals surface area contributed by atoms with Crippen molar-refractivity contribution in [2.24, 2.45) is 0 Å². The molecule has 206 valence electrons. The Balaban J connectivity index is 1.39. The van der Waals surface area contributed by atoms with Gasteiger partial charge in [-0.25, -0.2) is 0 Å². The number of hydrogen-bond donors (Lipinski definition) is 3. The van der Waals surface area contributed by atoms with Gasteiger partial charge in [-0.3, -0.25) is 4.79 Å². The van der Waals surface area contributed by atoms with Crippen LogP contribution in [-0.4, -0.2) is 41.2 Å². The molecule has 0 atom stereocenters. The molecule has 0 bridgehead atoms. The Kier molecular flexibility index (Phi) is 8.26. The first-order valence-electron chi connectivity index (χ1n) is 13.0. The Bertz CT molecular complexity index is 1730. The normalized spacial score (nSPS) is 10.7. The van der Waals surface area contributed by atoms with Crippen LogP contribution in [0.1, 0.15) is 5.56 Å². The van der Waals surface area contributed by atoms with Crippen LogP contribution in [0.3, 0.4) is 0 Å². The molecular weight excluding hydrogens is 534 g/mol. The lowest BCUT2D eigenvalue weighted by Crippen LogP contribution is -2.33. The van der Waals surface area contributed by atoms with E-state index >= 15 is 0 Å². The van der Waals surface area contributed by atoms with Gasteiger partial charge >= 0.3 is 10.7 Å². The first-order chi connectivity index (χ1) is 19.9. The second-order valence-corrected chi connectivity index (χ2v) is 9.69. The maximum absolute atomic E-state index is 11.1. The molecule has 5 aromatic rings. The summed E-state index contributed by atoms with van der Waals surface area (Å²) in [4.78, 5) is 12.8. The van der Waals surface area contributed by atoms with Crippen molar-refractivity contribution in [1.82, 2.24) is 9.78 Å². The number of carboxylic acids is 1. The minimum absolute atomic E-state index is 0.110. The maximum Gasteiger partial charge on any atom is 0.329 e. The fraction of sp³-hybridized carbons (Fsp3) is 0.0938. The smallest absolute Gasteiger partial charge is 0.329 e. The molecule has 9 heteroatoms. The van der Waals surface area contributed by atoms with Gasteiger partial charge in [0.05, 0.1) is 5.56 Å². The van der Waals surface area contributed by atoms with Crippen molar-refractivity contribution in [3.63, 3.8) is 0 Å². The van der Waals surface area contributed by atoms with E-state index in [0.717, 1.165) is 39.7 Å². The Hall–Kier alpha value is -5.15. The molecular formula is C32H30N5O3S+. The van der Waals surface area contributed by atoms with E-state index in [1.165, 1.54) is 0 Å². The molecule has 41 heavy (non-hydrogen) atoms. The van der Waals surface area contributed by atoms with Crippen molar-refractivity contribution in [3.05, 3.63) is 120 Å². The molecule has 1 heterocycles. The Labute approximate surface area is 243 Å². The lowest BCUT2D eigenvalue weighted by Gasteiger charge is -2.20. The topological polar surface area (TPSA) is 86.4 Å². The van der Waals surface area contributed by atoms with E-state index in [2.05, 4.69) is 29.1 Å². The SMILES string of the molecule is C=Cc1cc(OCNc2cccc(-[n+]3c(-c4ccccc4)n(-c4ccccc4)[nH]c3=S)c2)ccc1N(C)CC(=O)O. The number of hydrogen-bond acceptors (Lipinski definition) is 5. The van der Waals surface area contributed by atoms with Crippen molar-refractivity contribution in [2.45, 2.75) is 0 Å². The van der Waals surface area contributed by atoms with Crippen molar-refractivity contribution >= 4 is 35.6 Å². The van der Waals surface area contributed by atoms with Gasteiger partial charge < -0.3 is 20.1 Å². The lowest BCUT2D eigenvalue weighted by atomic mass is 10.1. The van der Waals surface area contributed by atoms with Crippen LogP contribution in [-0.2, 0) is 4.79 Å². The summed E-state index contributed by atoms with van der Waals surface area (Å²) in [7, 11) is 1.73. The monoisotopic (exact) mass is 564 g/mol. The number of aromatic nitrogens is 3. The van der Waals surface area contributed by atoms with Crippen LogP contribution in [0.2, 0.25) is 0 Å². The fourth-order valence-electron chi connectivity index (χ4n) is 4.62. The van der Waals surface area contributed by atoms with Gasteiger partial charge in [0, 0.05) is 30.1 Å². The third kappa shape index (κ3) is 6.21. The highest BCUT2D eigenvalue weighted by molar-refractivity contribution is 7.71. The summed E-state index contributed by atoms with van der Waals surface area (Å²) in [6, 6.07) is 33.6. The number of aliphatic carboxylic acids is 1. The predicted molar refractivity (Wildman–Crippen MR) is 164 cm³/mol. The zero-order valence-corrected chi connectivity index (χ0v) is 23.3. The number of ether oxygens (including phenoxy) is 1. The van der Waals surface area contributed by atoms with Gasteiger partial charge in [-0.05, 0) is 66.8 Å². The van der Waals surface area contributed by atoms with Gasteiger partial charge in [-0.2, -0.15) is 4.57 Å². The second-order valence-electron chi connectivity index (χ2n) is 9.30. The molecule has 0 aliphatic rings. The average Bonchev–Trinajstić information content (AvgIpc) is 3.34. The zero-order chi connectivity index (χ0) is 28.8. The number of para-hydroxylation sites is 1. The molecule has 3 N–H and O–H groups in total. The number of rotatable bonds is 11. The molecule has 0 radical (unpaired) electrons. The molecule has 0 fully saturated rings. The number of H-pyrrole nitrogens is 1. The lowest BCUT2D eigenvalue weighted by molar-refractivity contribution is -0.591. The summed E-state index contributed by atoms with van der Waals surface area (Å²) in [5, 5.41) is 15.8. The van der Waals surface area contributed by atoms with Crippen LogP contribution >= 0.6 is 12.2 Å². The standard InChI is InChI=1S/C32H29N5O3S/c1-3-23-19-28(17-18-29(23)35(2)21-30(38)39)40-22-33-25-13-10-16-27(20-25)36-31(24-11-6-4-7-12-24)37(34-32(36)41)26-14-8-5-9-15-26/h3-20,33H,1,21-22H2,2H3,(H-,34,38,39,41)/p+1. The van der Waals surface area contributed by atoms with Crippen LogP contribution < -0.4 is 19.5 Å². The van der Waals surface area contributed by atoms with Crippen LogP contribution in [0, 0.1) is 4.77 Å². The van der Waals surface area contributed by atoms with Gasteiger partial charge in [0.2, 0.25) is 0 Å². The second kappa shape index (κ2) is 12.4. The number of likely N-dealkylation sites (N-methyl/N-ethyl adjacent to an activating group) is 1. The van der Waals surface area contributed by atoms with E-state index in [1.54, 1.807) is 18.0 Å². The van der Waals surface area contributed by atoms with Crippen molar-refractivity contribution < 1.29 is 19.2 Å². The summed E-state index contributed by atoms with van der Waals surface area (Å²) in [6.45, 7) is 3.97. The molecule has 1 aromatic heterocycles. The molecule has 0 spiro atoms. The Morgan fingerprint density at radius 3 is 2.49 bits per heavy atom. The zero-order valence-electron chi connectivity index (χ0n) is 22.5. The predicted octanol–water partition coefficient (Wildman–Crippen LogP) is 6.09. The molecule has 0 amide bonds. The molecule has 8 nitrogen and oxygen atoms in total. The summed E-state index contributed by atoms with van der Waals surface area (Å²) in [6.07, 6.45) is 1.68. The van der Waals surface area contributed by atoms with Crippen molar-refractivity contribution in [3.8, 4) is 28.5 Å². The number of carboxylic acid groups (broad SMARTS) is 1. The van der Waals surface area contributed by atoms with E-state index in [9.17, 15) is 4.79 Å². The van der Waals surface area contributed by atoms with Gasteiger partial charge in [-0.1, -0.05) is 55.1 Å². The van der Waals surface area contributed by atoms with E-state index in [4.69, 9.17) is 22.1 Å². The molecule has 4 aromatic carbocycles. The van der Waals surface area contributed by atoms with E-state index in [1.807, 2.05) is 100 Å². The summed E-state index contributed by atoms with van der Waals surface area (Å²) < 4.78 is 10.5. The molecule has 0 aliphatic carbocycles.